The smallest absolute Gasteiger partial charge is 0.0652 e. The Morgan fingerprint density at radius 1 is 1.20 bits per heavy atom. The van der Waals surface area contributed by atoms with Crippen LogP contribution in [0.4, 0.5) is 0 Å². The molecule has 1 aromatic rings. The van der Waals surface area contributed by atoms with E-state index in [0.717, 1.165) is 5.56 Å². The molecule has 0 unspecified atom stereocenters. The van der Waals surface area contributed by atoms with E-state index in [1.54, 1.807) is 12.1 Å². The Labute approximate surface area is 105 Å². The van der Waals surface area contributed by atoms with E-state index in [1.165, 1.54) is 12.8 Å². The maximum absolute atomic E-state index is 6.09. The molecule has 2 rings (SSSR count). The molecule has 1 aromatic carbocycles. The molecule has 0 saturated heterocycles. The van der Waals surface area contributed by atoms with Crippen molar-refractivity contribution < 1.29 is 0 Å². The van der Waals surface area contributed by atoms with Gasteiger partial charge in [-0.3, -0.25) is 0 Å². The molecule has 0 aromatic heterocycles. The molecule has 15 heavy (non-hydrogen) atoms. The van der Waals surface area contributed by atoms with Crippen molar-refractivity contribution in [2.75, 3.05) is 0 Å². The summed E-state index contributed by atoms with van der Waals surface area (Å²) in [5, 5.41) is 5.21. The molecule has 0 spiro atoms. The fourth-order valence-corrected chi connectivity index (χ4v) is 2.08. The fraction of sp³-hybridized carbons (Fsp3) is 0.455. The summed E-state index contributed by atoms with van der Waals surface area (Å²) in [4.78, 5) is 0. The fourth-order valence-electron chi connectivity index (χ4n) is 1.40. The van der Waals surface area contributed by atoms with Crippen molar-refractivity contribution >= 4 is 34.8 Å². The Balaban J connectivity index is 2.16. The summed E-state index contributed by atoms with van der Waals surface area (Å²) in [6, 6.07) is 3.50. The lowest BCUT2D eigenvalue weighted by Gasteiger charge is -2.14. The van der Waals surface area contributed by atoms with Gasteiger partial charge in [0.2, 0.25) is 0 Å². The van der Waals surface area contributed by atoms with Gasteiger partial charge in [-0.25, -0.2) is 0 Å². The van der Waals surface area contributed by atoms with Gasteiger partial charge in [0.25, 0.3) is 0 Å². The van der Waals surface area contributed by atoms with E-state index in [-0.39, 0.29) is 5.54 Å². The number of nitrogens with one attached hydrogen (secondary N) is 1. The van der Waals surface area contributed by atoms with E-state index in [2.05, 4.69) is 12.2 Å². The molecule has 0 amide bonds. The third-order valence-corrected chi connectivity index (χ3v) is 4.03. The summed E-state index contributed by atoms with van der Waals surface area (Å²) < 4.78 is 0. The molecule has 0 radical (unpaired) electrons. The van der Waals surface area contributed by atoms with Crippen molar-refractivity contribution in [2.24, 2.45) is 0 Å². The lowest BCUT2D eigenvalue weighted by molar-refractivity contribution is 0.538. The Kier molecular flexibility index (Phi) is 3.18. The lowest BCUT2D eigenvalue weighted by atomic mass is 10.2. The van der Waals surface area contributed by atoms with Gasteiger partial charge in [0.05, 0.1) is 10.0 Å². The second-order valence-corrected chi connectivity index (χ2v) is 5.43. The zero-order valence-electron chi connectivity index (χ0n) is 8.41. The van der Waals surface area contributed by atoms with E-state index in [9.17, 15) is 0 Å². The topological polar surface area (TPSA) is 12.0 Å². The maximum atomic E-state index is 6.09. The molecule has 1 saturated carbocycles. The second kappa shape index (κ2) is 4.14. The summed E-state index contributed by atoms with van der Waals surface area (Å²) >= 11 is 18.1. The number of benzene rings is 1. The normalized spacial score (nSPS) is 17.9. The molecule has 1 nitrogen and oxygen atoms in total. The summed E-state index contributed by atoms with van der Waals surface area (Å²) in [7, 11) is 0. The average Bonchev–Trinajstić information content (AvgIpc) is 2.91. The van der Waals surface area contributed by atoms with Crippen LogP contribution in [0.15, 0.2) is 12.1 Å². The Morgan fingerprint density at radius 3 is 2.40 bits per heavy atom. The third-order valence-electron chi connectivity index (χ3n) is 2.83. The molecule has 1 fully saturated rings. The van der Waals surface area contributed by atoms with Gasteiger partial charge in [0, 0.05) is 22.7 Å². The first-order valence-electron chi connectivity index (χ1n) is 4.89. The van der Waals surface area contributed by atoms with Crippen molar-refractivity contribution in [3.63, 3.8) is 0 Å². The van der Waals surface area contributed by atoms with E-state index >= 15 is 0 Å². The quantitative estimate of drug-likeness (QED) is 0.803. The van der Waals surface area contributed by atoms with Crippen LogP contribution in [-0.4, -0.2) is 5.54 Å². The molecule has 4 heteroatoms. The molecule has 0 heterocycles. The minimum absolute atomic E-state index is 0.273. The van der Waals surface area contributed by atoms with Gasteiger partial charge in [-0.2, -0.15) is 0 Å². The summed E-state index contributed by atoms with van der Waals surface area (Å²) in [5.74, 6) is 0. The maximum Gasteiger partial charge on any atom is 0.0652 e. The molecule has 1 aliphatic carbocycles. The largest absolute Gasteiger partial charge is 0.307 e. The van der Waals surface area contributed by atoms with Gasteiger partial charge >= 0.3 is 0 Å². The van der Waals surface area contributed by atoms with Crippen LogP contribution in [-0.2, 0) is 6.54 Å². The first-order chi connectivity index (χ1) is 7.02. The molecule has 1 aliphatic rings. The van der Waals surface area contributed by atoms with Crippen molar-refractivity contribution in [3.05, 3.63) is 32.8 Å². The number of rotatable bonds is 3. The van der Waals surface area contributed by atoms with Crippen molar-refractivity contribution in [1.82, 2.24) is 5.32 Å². The van der Waals surface area contributed by atoms with Crippen molar-refractivity contribution in [3.8, 4) is 0 Å². The zero-order valence-corrected chi connectivity index (χ0v) is 10.7. The van der Waals surface area contributed by atoms with Gasteiger partial charge in [0.15, 0.2) is 0 Å². The highest BCUT2D eigenvalue weighted by Crippen LogP contribution is 2.36. The molecule has 0 bridgehead atoms. The van der Waals surface area contributed by atoms with E-state index in [1.807, 2.05) is 0 Å². The summed E-state index contributed by atoms with van der Waals surface area (Å²) in [6.07, 6.45) is 2.42. The average molecular weight is 265 g/mol. The van der Waals surface area contributed by atoms with Crippen LogP contribution in [0.1, 0.15) is 25.3 Å². The van der Waals surface area contributed by atoms with Crippen LogP contribution in [0.5, 0.6) is 0 Å². The molecular weight excluding hydrogens is 252 g/mol. The minimum atomic E-state index is 0.273. The SMILES string of the molecule is CC1(NCc2c(Cl)ccc(Cl)c2Cl)CC1. The molecular formula is C11H12Cl3N. The zero-order chi connectivity index (χ0) is 11.1. The van der Waals surface area contributed by atoms with Crippen LogP contribution in [0.25, 0.3) is 0 Å². The molecule has 0 atom stereocenters. The van der Waals surface area contributed by atoms with Gasteiger partial charge in [-0.05, 0) is 31.9 Å². The van der Waals surface area contributed by atoms with Crippen LogP contribution in [0, 0.1) is 0 Å². The van der Waals surface area contributed by atoms with Crippen molar-refractivity contribution in [1.29, 1.82) is 0 Å². The first-order valence-corrected chi connectivity index (χ1v) is 6.03. The number of hydrogen-bond acceptors (Lipinski definition) is 1. The highest BCUT2D eigenvalue weighted by Gasteiger charge is 2.36. The minimum Gasteiger partial charge on any atom is -0.307 e. The van der Waals surface area contributed by atoms with E-state index < -0.39 is 0 Å². The Hall–Kier alpha value is 0.0500. The number of halogens is 3. The van der Waals surface area contributed by atoms with Crippen LogP contribution >= 0.6 is 34.8 Å². The highest BCUT2D eigenvalue weighted by atomic mass is 35.5. The standard InChI is InChI=1S/C11H12Cl3N/c1-11(4-5-11)15-6-7-8(12)2-3-9(13)10(7)14/h2-3,15H,4-6H2,1H3. The Morgan fingerprint density at radius 2 is 1.80 bits per heavy atom. The number of hydrogen-bond donors (Lipinski definition) is 1. The van der Waals surface area contributed by atoms with Gasteiger partial charge in [0.1, 0.15) is 0 Å². The predicted molar refractivity (Wildman–Crippen MR) is 66.0 cm³/mol. The molecule has 0 aliphatic heterocycles. The van der Waals surface area contributed by atoms with E-state index in [0.29, 0.717) is 21.6 Å². The van der Waals surface area contributed by atoms with Crippen LogP contribution < -0.4 is 5.32 Å². The van der Waals surface area contributed by atoms with Crippen LogP contribution in [0.3, 0.4) is 0 Å². The summed E-state index contributed by atoms with van der Waals surface area (Å²) in [6.45, 7) is 2.87. The van der Waals surface area contributed by atoms with E-state index in [4.69, 9.17) is 34.8 Å². The Bertz CT molecular complexity index is 386. The summed E-state index contributed by atoms with van der Waals surface area (Å²) in [5.41, 5.74) is 1.16. The molecule has 1 N–H and O–H groups in total. The first kappa shape index (κ1) is 11.5. The monoisotopic (exact) mass is 263 g/mol. The van der Waals surface area contributed by atoms with Gasteiger partial charge in [-0.1, -0.05) is 34.8 Å². The lowest BCUT2D eigenvalue weighted by Crippen LogP contribution is -2.27. The molecule has 82 valence electrons. The third kappa shape index (κ3) is 2.59. The second-order valence-electron chi connectivity index (χ2n) is 4.24. The van der Waals surface area contributed by atoms with Gasteiger partial charge < -0.3 is 5.32 Å². The van der Waals surface area contributed by atoms with Crippen LogP contribution in [0.2, 0.25) is 15.1 Å². The highest BCUT2D eigenvalue weighted by molar-refractivity contribution is 6.44. The van der Waals surface area contributed by atoms with Gasteiger partial charge in [-0.15, -0.1) is 0 Å². The van der Waals surface area contributed by atoms with Crippen molar-refractivity contribution in [2.45, 2.75) is 31.8 Å². The predicted octanol–water partition coefficient (Wildman–Crippen LogP) is 4.29.